The van der Waals surface area contributed by atoms with E-state index in [1.54, 1.807) is 6.07 Å². The maximum Gasteiger partial charge on any atom is 0.219 e. The van der Waals surface area contributed by atoms with E-state index in [1.807, 2.05) is 18.2 Å². The van der Waals surface area contributed by atoms with Crippen LogP contribution in [0.1, 0.15) is 49.9 Å². The molecular weight excluding hydrogens is 262 g/mol. The quantitative estimate of drug-likeness (QED) is 0.853. The number of aromatic nitrogens is 1. The monoisotopic (exact) mass is 285 g/mol. The Kier molecular flexibility index (Phi) is 5.34. The predicted molar refractivity (Wildman–Crippen MR) is 84.8 cm³/mol. The summed E-state index contributed by atoms with van der Waals surface area (Å²) in [5.41, 5.74) is 3.08. The maximum absolute atomic E-state index is 9.33. The van der Waals surface area contributed by atoms with Gasteiger partial charge >= 0.3 is 0 Å². The van der Waals surface area contributed by atoms with Crippen LogP contribution in [0.15, 0.2) is 36.4 Å². The van der Waals surface area contributed by atoms with Crippen molar-refractivity contribution < 1.29 is 9.84 Å². The second-order valence-electron chi connectivity index (χ2n) is 5.54. The molecule has 0 bridgehead atoms. The average molecular weight is 285 g/mol. The first-order valence-corrected chi connectivity index (χ1v) is 7.51. The summed E-state index contributed by atoms with van der Waals surface area (Å²) in [7, 11) is 0. The van der Waals surface area contributed by atoms with E-state index >= 15 is 0 Å². The summed E-state index contributed by atoms with van der Waals surface area (Å²) in [5, 5.41) is 9.33. The lowest BCUT2D eigenvalue weighted by molar-refractivity contribution is 0.280. The van der Waals surface area contributed by atoms with Gasteiger partial charge in [-0.15, -0.1) is 0 Å². The van der Waals surface area contributed by atoms with Gasteiger partial charge in [-0.05, 0) is 41.7 Å². The molecule has 0 aliphatic rings. The van der Waals surface area contributed by atoms with Crippen LogP contribution in [0.3, 0.4) is 0 Å². The Labute approximate surface area is 126 Å². The van der Waals surface area contributed by atoms with Gasteiger partial charge in [-0.1, -0.05) is 39.3 Å². The highest BCUT2D eigenvalue weighted by Gasteiger charge is 2.05. The number of ether oxygens (including phenoxy) is 1. The molecule has 112 valence electrons. The van der Waals surface area contributed by atoms with Gasteiger partial charge in [-0.25, -0.2) is 4.98 Å². The highest BCUT2D eigenvalue weighted by molar-refractivity contribution is 5.33. The van der Waals surface area contributed by atoms with E-state index in [0.717, 1.165) is 29.8 Å². The molecule has 0 spiro atoms. The largest absolute Gasteiger partial charge is 0.439 e. The summed E-state index contributed by atoms with van der Waals surface area (Å²) in [6.07, 6.45) is 1.90. The Morgan fingerprint density at radius 3 is 2.43 bits per heavy atom. The molecule has 0 saturated heterocycles. The van der Waals surface area contributed by atoms with Crippen molar-refractivity contribution in [2.24, 2.45) is 0 Å². The minimum Gasteiger partial charge on any atom is -0.439 e. The molecule has 1 aromatic heterocycles. The summed E-state index contributed by atoms with van der Waals surface area (Å²) in [5.74, 6) is 1.82. The van der Waals surface area contributed by atoms with E-state index in [-0.39, 0.29) is 6.61 Å². The highest BCUT2D eigenvalue weighted by atomic mass is 16.5. The van der Waals surface area contributed by atoms with Crippen LogP contribution in [0.4, 0.5) is 0 Å². The molecule has 3 nitrogen and oxygen atoms in total. The van der Waals surface area contributed by atoms with Crippen molar-refractivity contribution in [1.82, 2.24) is 4.98 Å². The van der Waals surface area contributed by atoms with Gasteiger partial charge in [-0.2, -0.15) is 0 Å². The fraction of sp³-hybridized carbons (Fsp3) is 0.389. The van der Waals surface area contributed by atoms with Crippen LogP contribution in [-0.4, -0.2) is 10.1 Å². The Morgan fingerprint density at radius 2 is 1.86 bits per heavy atom. The van der Waals surface area contributed by atoms with Gasteiger partial charge in [0.05, 0.1) is 6.61 Å². The van der Waals surface area contributed by atoms with Crippen molar-refractivity contribution in [3.8, 4) is 11.6 Å². The second-order valence-corrected chi connectivity index (χ2v) is 5.54. The molecule has 1 heterocycles. The standard InChI is InChI=1S/C18H23NO2/c1-4-5-16-10-14(12-20)11-18(19-16)21-17-8-6-15(7-9-17)13(2)3/h6-11,13,20H,4-5,12H2,1-3H3. The SMILES string of the molecule is CCCc1cc(CO)cc(Oc2ccc(C(C)C)cc2)n1. The number of hydrogen-bond donors (Lipinski definition) is 1. The van der Waals surface area contributed by atoms with Gasteiger partial charge in [0.1, 0.15) is 5.75 Å². The molecule has 0 amide bonds. The van der Waals surface area contributed by atoms with E-state index in [0.29, 0.717) is 11.8 Å². The fourth-order valence-electron chi connectivity index (χ4n) is 2.19. The minimum atomic E-state index is 0.00187. The number of rotatable bonds is 6. The number of aliphatic hydroxyl groups is 1. The lowest BCUT2D eigenvalue weighted by Gasteiger charge is -2.10. The van der Waals surface area contributed by atoms with E-state index in [2.05, 4.69) is 37.9 Å². The third-order valence-electron chi connectivity index (χ3n) is 3.37. The zero-order valence-corrected chi connectivity index (χ0v) is 13.0. The van der Waals surface area contributed by atoms with Crippen molar-refractivity contribution in [3.05, 3.63) is 53.2 Å². The number of pyridine rings is 1. The molecule has 0 unspecified atom stereocenters. The molecule has 2 aromatic rings. The molecule has 0 fully saturated rings. The van der Waals surface area contributed by atoms with Gasteiger partial charge in [0, 0.05) is 11.8 Å². The van der Waals surface area contributed by atoms with Crippen LogP contribution in [0.25, 0.3) is 0 Å². The summed E-state index contributed by atoms with van der Waals surface area (Å²) >= 11 is 0. The summed E-state index contributed by atoms with van der Waals surface area (Å²) < 4.78 is 5.82. The van der Waals surface area contributed by atoms with Crippen LogP contribution >= 0.6 is 0 Å². The number of aliphatic hydroxyl groups excluding tert-OH is 1. The van der Waals surface area contributed by atoms with Crippen molar-refractivity contribution in [2.45, 2.75) is 46.1 Å². The zero-order valence-electron chi connectivity index (χ0n) is 13.0. The van der Waals surface area contributed by atoms with Crippen LogP contribution in [0.2, 0.25) is 0 Å². The van der Waals surface area contributed by atoms with Gasteiger partial charge in [-0.3, -0.25) is 0 Å². The lowest BCUT2D eigenvalue weighted by atomic mass is 10.0. The zero-order chi connectivity index (χ0) is 15.2. The van der Waals surface area contributed by atoms with Crippen LogP contribution in [-0.2, 0) is 13.0 Å². The highest BCUT2D eigenvalue weighted by Crippen LogP contribution is 2.24. The van der Waals surface area contributed by atoms with Crippen molar-refractivity contribution >= 4 is 0 Å². The lowest BCUT2D eigenvalue weighted by Crippen LogP contribution is -1.97. The molecular formula is C18H23NO2. The molecule has 0 atom stereocenters. The molecule has 0 aliphatic carbocycles. The van der Waals surface area contributed by atoms with Crippen LogP contribution < -0.4 is 4.74 Å². The van der Waals surface area contributed by atoms with Gasteiger partial charge in [0.15, 0.2) is 0 Å². The van der Waals surface area contributed by atoms with E-state index in [9.17, 15) is 5.11 Å². The van der Waals surface area contributed by atoms with Crippen LogP contribution in [0, 0.1) is 0 Å². The number of nitrogens with zero attached hydrogens (tertiary/aromatic N) is 1. The third-order valence-corrected chi connectivity index (χ3v) is 3.37. The van der Waals surface area contributed by atoms with Gasteiger partial charge in [0.2, 0.25) is 5.88 Å². The molecule has 1 N–H and O–H groups in total. The van der Waals surface area contributed by atoms with Gasteiger partial charge in [0.25, 0.3) is 0 Å². The first kappa shape index (κ1) is 15.5. The Balaban J connectivity index is 2.19. The van der Waals surface area contributed by atoms with Crippen molar-refractivity contribution in [2.75, 3.05) is 0 Å². The number of hydrogen-bond acceptors (Lipinski definition) is 3. The van der Waals surface area contributed by atoms with E-state index in [1.165, 1.54) is 5.56 Å². The molecule has 21 heavy (non-hydrogen) atoms. The molecule has 3 heteroatoms. The fourth-order valence-corrected chi connectivity index (χ4v) is 2.19. The topological polar surface area (TPSA) is 42.4 Å². The summed E-state index contributed by atoms with van der Waals surface area (Å²) in [6, 6.07) is 11.8. The molecule has 0 saturated carbocycles. The number of benzene rings is 1. The average Bonchev–Trinajstić information content (AvgIpc) is 2.48. The Hall–Kier alpha value is -1.87. The Bertz CT molecular complexity index is 576. The smallest absolute Gasteiger partial charge is 0.219 e. The molecule has 1 aromatic carbocycles. The summed E-state index contributed by atoms with van der Waals surface area (Å²) in [6.45, 7) is 6.44. The predicted octanol–water partition coefficient (Wildman–Crippen LogP) is 4.44. The maximum atomic E-state index is 9.33. The second kappa shape index (κ2) is 7.23. The normalized spacial score (nSPS) is 10.9. The Morgan fingerprint density at radius 1 is 1.14 bits per heavy atom. The summed E-state index contributed by atoms with van der Waals surface area (Å²) in [4.78, 5) is 4.49. The van der Waals surface area contributed by atoms with Crippen LogP contribution in [0.5, 0.6) is 11.6 Å². The first-order valence-electron chi connectivity index (χ1n) is 7.51. The molecule has 0 radical (unpaired) electrons. The van der Waals surface area contributed by atoms with E-state index < -0.39 is 0 Å². The first-order chi connectivity index (χ1) is 10.1. The molecule has 0 aliphatic heterocycles. The minimum absolute atomic E-state index is 0.00187. The number of aryl methyl sites for hydroxylation is 1. The third kappa shape index (κ3) is 4.30. The van der Waals surface area contributed by atoms with Gasteiger partial charge < -0.3 is 9.84 Å². The van der Waals surface area contributed by atoms with Crippen molar-refractivity contribution in [1.29, 1.82) is 0 Å². The van der Waals surface area contributed by atoms with E-state index in [4.69, 9.17) is 4.74 Å². The van der Waals surface area contributed by atoms with Crippen molar-refractivity contribution in [3.63, 3.8) is 0 Å². The molecule has 2 rings (SSSR count).